The van der Waals surface area contributed by atoms with Crippen LogP contribution in [0.4, 0.5) is 0 Å². The third-order valence-corrected chi connectivity index (χ3v) is 8.14. The van der Waals surface area contributed by atoms with Crippen LogP contribution in [0.2, 0.25) is 5.02 Å². The lowest BCUT2D eigenvalue weighted by atomic mass is 10.1. The number of sulfonamides is 1. The number of aromatic nitrogens is 4. The van der Waals surface area contributed by atoms with Crippen molar-refractivity contribution in [3.63, 3.8) is 0 Å². The molecule has 1 saturated heterocycles. The second-order valence-electron chi connectivity index (χ2n) is 8.27. The van der Waals surface area contributed by atoms with E-state index in [0.717, 1.165) is 11.1 Å². The van der Waals surface area contributed by atoms with Crippen molar-refractivity contribution in [3.8, 4) is 11.1 Å². The highest BCUT2D eigenvalue weighted by Gasteiger charge is 2.34. The summed E-state index contributed by atoms with van der Waals surface area (Å²) in [4.78, 5) is 39.2. The number of piperazine rings is 1. The standard InChI is InChI=1S/C24H21ClN6O4S/c1-16(32)31-21-3-2-20(25)12-18(21)13-22(31)36(34,35)30-10-8-29(9-11-30)24(33)23-27-14-19(15-28-23)17-4-6-26-7-5-17/h2-7,12-15H,8-11H2,1H3. The van der Waals surface area contributed by atoms with E-state index in [1.165, 1.54) is 26.8 Å². The van der Waals surface area contributed by atoms with Gasteiger partial charge in [-0.2, -0.15) is 4.31 Å². The minimum atomic E-state index is -4.00. The molecule has 10 nitrogen and oxygen atoms in total. The first-order chi connectivity index (χ1) is 17.3. The first kappa shape index (κ1) is 24.0. The molecule has 0 bridgehead atoms. The van der Waals surface area contributed by atoms with Gasteiger partial charge in [-0.25, -0.2) is 18.4 Å². The van der Waals surface area contributed by atoms with E-state index in [0.29, 0.717) is 15.9 Å². The van der Waals surface area contributed by atoms with Crippen LogP contribution in [0.25, 0.3) is 22.0 Å². The van der Waals surface area contributed by atoms with Gasteiger partial charge in [0.1, 0.15) is 0 Å². The first-order valence-electron chi connectivity index (χ1n) is 11.1. The van der Waals surface area contributed by atoms with Crippen LogP contribution in [0.15, 0.2) is 66.2 Å². The average molecular weight is 525 g/mol. The predicted octanol–water partition coefficient (Wildman–Crippen LogP) is 2.95. The van der Waals surface area contributed by atoms with E-state index in [-0.39, 0.29) is 42.9 Å². The highest BCUT2D eigenvalue weighted by Crippen LogP contribution is 2.28. The molecule has 1 amide bonds. The Morgan fingerprint density at radius 3 is 2.22 bits per heavy atom. The molecule has 36 heavy (non-hydrogen) atoms. The van der Waals surface area contributed by atoms with Crippen molar-refractivity contribution in [2.75, 3.05) is 26.2 Å². The lowest BCUT2D eigenvalue weighted by Gasteiger charge is -2.33. The molecule has 4 heterocycles. The molecule has 0 aliphatic carbocycles. The predicted molar refractivity (Wildman–Crippen MR) is 133 cm³/mol. The van der Waals surface area contributed by atoms with Crippen LogP contribution in [0.5, 0.6) is 0 Å². The number of pyridine rings is 1. The van der Waals surface area contributed by atoms with Gasteiger partial charge in [0, 0.05) is 73.9 Å². The summed E-state index contributed by atoms with van der Waals surface area (Å²) in [7, 11) is -4.00. The summed E-state index contributed by atoms with van der Waals surface area (Å²) in [5.41, 5.74) is 2.10. The van der Waals surface area contributed by atoms with Gasteiger partial charge >= 0.3 is 0 Å². The van der Waals surface area contributed by atoms with Gasteiger partial charge in [-0.15, -0.1) is 0 Å². The Morgan fingerprint density at radius 1 is 0.917 bits per heavy atom. The molecular formula is C24H21ClN6O4S. The van der Waals surface area contributed by atoms with E-state index in [2.05, 4.69) is 15.0 Å². The minimum absolute atomic E-state index is 0.0395. The van der Waals surface area contributed by atoms with Crippen LogP contribution < -0.4 is 0 Å². The topological polar surface area (TPSA) is 118 Å². The van der Waals surface area contributed by atoms with E-state index in [4.69, 9.17) is 11.6 Å². The van der Waals surface area contributed by atoms with Crippen LogP contribution >= 0.6 is 11.6 Å². The Hall–Kier alpha value is -3.67. The summed E-state index contributed by atoms with van der Waals surface area (Å²) in [5, 5.41) is 0.870. The second kappa shape index (κ2) is 9.41. The van der Waals surface area contributed by atoms with E-state index >= 15 is 0 Å². The fourth-order valence-electron chi connectivity index (χ4n) is 4.21. The molecule has 3 aromatic heterocycles. The van der Waals surface area contributed by atoms with Gasteiger partial charge in [-0.1, -0.05) is 11.6 Å². The number of nitrogens with zero attached hydrogens (tertiary/aromatic N) is 6. The van der Waals surface area contributed by atoms with Gasteiger partial charge in [-0.3, -0.25) is 19.1 Å². The molecular weight excluding hydrogens is 504 g/mol. The van der Waals surface area contributed by atoms with Gasteiger partial charge in [0.15, 0.2) is 5.03 Å². The first-order valence-corrected chi connectivity index (χ1v) is 12.9. The van der Waals surface area contributed by atoms with Crippen molar-refractivity contribution in [1.29, 1.82) is 0 Å². The molecule has 0 spiro atoms. The van der Waals surface area contributed by atoms with Crippen LogP contribution in [0.3, 0.4) is 0 Å². The van der Waals surface area contributed by atoms with Crippen LogP contribution in [0, 0.1) is 0 Å². The van der Waals surface area contributed by atoms with Crippen LogP contribution in [-0.2, 0) is 10.0 Å². The molecule has 1 aliphatic heterocycles. The third-order valence-electron chi connectivity index (χ3n) is 6.03. The number of carbonyl (C=O) groups excluding carboxylic acids is 2. The van der Waals surface area contributed by atoms with Gasteiger partial charge in [-0.05, 0) is 42.0 Å². The minimum Gasteiger partial charge on any atom is -0.333 e. The largest absolute Gasteiger partial charge is 0.333 e. The van der Waals surface area contributed by atoms with E-state index in [9.17, 15) is 18.0 Å². The van der Waals surface area contributed by atoms with Crippen LogP contribution in [-0.4, -0.2) is 75.1 Å². The highest BCUT2D eigenvalue weighted by atomic mass is 35.5. The lowest BCUT2D eigenvalue weighted by molar-refractivity contribution is 0.0685. The maximum absolute atomic E-state index is 13.5. The highest BCUT2D eigenvalue weighted by molar-refractivity contribution is 7.89. The van der Waals surface area contributed by atoms with Crippen molar-refractivity contribution < 1.29 is 18.0 Å². The summed E-state index contributed by atoms with van der Waals surface area (Å²) >= 11 is 6.05. The Labute approximate surface area is 212 Å². The number of amides is 1. The van der Waals surface area contributed by atoms with Crippen molar-refractivity contribution in [1.82, 2.24) is 28.7 Å². The monoisotopic (exact) mass is 524 g/mol. The van der Waals surface area contributed by atoms with Gasteiger partial charge < -0.3 is 4.90 Å². The zero-order valence-corrected chi connectivity index (χ0v) is 20.8. The average Bonchev–Trinajstić information content (AvgIpc) is 3.29. The number of fused-ring (bicyclic) bond motifs is 1. The van der Waals surface area contributed by atoms with E-state index < -0.39 is 15.9 Å². The molecule has 12 heteroatoms. The van der Waals surface area contributed by atoms with Gasteiger partial charge in [0.2, 0.25) is 11.7 Å². The molecule has 0 atom stereocenters. The SMILES string of the molecule is CC(=O)n1c(S(=O)(=O)N2CCN(C(=O)c3ncc(-c4ccncc4)cn3)CC2)cc2cc(Cl)ccc21. The fourth-order valence-corrected chi connectivity index (χ4v) is 6.04. The smallest absolute Gasteiger partial charge is 0.291 e. The molecule has 1 fully saturated rings. The van der Waals surface area contributed by atoms with Gasteiger partial charge in [0.25, 0.3) is 15.9 Å². The third kappa shape index (κ3) is 4.36. The fraction of sp³-hybridized carbons (Fsp3) is 0.208. The number of benzene rings is 1. The Balaban J connectivity index is 1.32. The van der Waals surface area contributed by atoms with Gasteiger partial charge in [0.05, 0.1) is 5.52 Å². The molecule has 1 aliphatic rings. The Morgan fingerprint density at radius 2 is 1.58 bits per heavy atom. The lowest BCUT2D eigenvalue weighted by Crippen LogP contribution is -2.51. The Kier molecular flexibility index (Phi) is 6.29. The molecule has 0 unspecified atom stereocenters. The quantitative estimate of drug-likeness (QED) is 0.402. The van der Waals surface area contributed by atoms with Crippen molar-refractivity contribution >= 4 is 44.3 Å². The number of hydrogen-bond acceptors (Lipinski definition) is 7. The molecule has 5 rings (SSSR count). The maximum Gasteiger partial charge on any atom is 0.291 e. The maximum atomic E-state index is 13.5. The van der Waals surface area contributed by atoms with E-state index in [1.54, 1.807) is 43.0 Å². The molecule has 0 saturated carbocycles. The summed E-state index contributed by atoms with van der Waals surface area (Å²) in [6, 6.07) is 9.93. The zero-order chi connectivity index (χ0) is 25.4. The molecule has 0 radical (unpaired) electrons. The summed E-state index contributed by atoms with van der Waals surface area (Å²) < 4.78 is 29.4. The van der Waals surface area contributed by atoms with Crippen molar-refractivity contribution in [2.24, 2.45) is 0 Å². The zero-order valence-electron chi connectivity index (χ0n) is 19.2. The molecule has 1 aromatic carbocycles. The Bertz CT molecular complexity index is 1560. The van der Waals surface area contributed by atoms with E-state index in [1.807, 2.05) is 12.1 Å². The normalized spacial score (nSPS) is 14.8. The second-order valence-corrected chi connectivity index (χ2v) is 10.6. The summed E-state index contributed by atoms with van der Waals surface area (Å²) in [5.74, 6) is -0.759. The molecule has 0 N–H and O–H groups in total. The molecule has 4 aromatic rings. The molecule has 184 valence electrons. The van der Waals surface area contributed by atoms with Crippen LogP contribution in [0.1, 0.15) is 22.3 Å². The number of carbonyl (C=O) groups is 2. The number of hydrogen-bond donors (Lipinski definition) is 0. The number of halogens is 1. The summed E-state index contributed by atoms with van der Waals surface area (Å²) in [6.45, 7) is 1.79. The van der Waals surface area contributed by atoms with Crippen molar-refractivity contribution in [3.05, 3.63) is 72.0 Å². The number of rotatable bonds is 4. The van der Waals surface area contributed by atoms with Crippen molar-refractivity contribution in [2.45, 2.75) is 11.9 Å². The summed E-state index contributed by atoms with van der Waals surface area (Å²) in [6.07, 6.45) is 6.46.